The van der Waals surface area contributed by atoms with Crippen LogP contribution in [-0.2, 0) is 9.53 Å². The Morgan fingerprint density at radius 3 is 2.50 bits per heavy atom. The Kier molecular flexibility index (Phi) is 3.10. The van der Waals surface area contributed by atoms with Gasteiger partial charge in [0.05, 0.1) is 26.2 Å². The van der Waals surface area contributed by atoms with Gasteiger partial charge in [0.25, 0.3) is 0 Å². The third kappa shape index (κ3) is 1.97. The molecule has 0 aliphatic carbocycles. The molecule has 1 aromatic carbocycles. The number of carboxylic acids is 1. The highest BCUT2D eigenvalue weighted by Crippen LogP contribution is 2.40. The predicted molar refractivity (Wildman–Crippen MR) is 60.0 cm³/mol. The van der Waals surface area contributed by atoms with E-state index in [2.05, 4.69) is 0 Å². The zero-order valence-corrected chi connectivity index (χ0v) is 9.93. The molecule has 0 saturated carbocycles. The SMILES string of the molecule is COc1cc2c(cc1OC)C(CC(=O)O)OC2=O. The number of esters is 1. The molecule has 6 heteroatoms. The van der Waals surface area contributed by atoms with Crippen LogP contribution < -0.4 is 9.47 Å². The molecule has 0 spiro atoms. The number of ether oxygens (including phenoxy) is 3. The van der Waals surface area contributed by atoms with Crippen molar-refractivity contribution in [3.8, 4) is 11.5 Å². The van der Waals surface area contributed by atoms with Crippen molar-refractivity contribution in [1.82, 2.24) is 0 Å². The number of carboxylic acid groups (broad SMARTS) is 1. The van der Waals surface area contributed by atoms with Gasteiger partial charge in [0.15, 0.2) is 11.5 Å². The van der Waals surface area contributed by atoms with E-state index >= 15 is 0 Å². The fourth-order valence-corrected chi connectivity index (χ4v) is 1.90. The van der Waals surface area contributed by atoms with E-state index in [1.54, 1.807) is 6.07 Å². The summed E-state index contributed by atoms with van der Waals surface area (Å²) in [5.74, 6) is -0.734. The lowest BCUT2D eigenvalue weighted by atomic mass is 10.0. The molecule has 0 amide bonds. The van der Waals surface area contributed by atoms with Crippen molar-refractivity contribution in [3.63, 3.8) is 0 Å². The van der Waals surface area contributed by atoms with Crippen LogP contribution >= 0.6 is 0 Å². The number of hydrogen-bond donors (Lipinski definition) is 1. The Hall–Kier alpha value is -2.24. The maximum Gasteiger partial charge on any atom is 0.339 e. The largest absolute Gasteiger partial charge is 0.493 e. The summed E-state index contributed by atoms with van der Waals surface area (Å²) < 4.78 is 15.2. The highest BCUT2D eigenvalue weighted by molar-refractivity contribution is 5.95. The van der Waals surface area contributed by atoms with Gasteiger partial charge in [-0.15, -0.1) is 0 Å². The smallest absolute Gasteiger partial charge is 0.339 e. The topological polar surface area (TPSA) is 82.1 Å². The Balaban J connectivity index is 2.46. The van der Waals surface area contributed by atoms with Crippen molar-refractivity contribution < 1.29 is 28.9 Å². The molecule has 1 aliphatic rings. The zero-order valence-electron chi connectivity index (χ0n) is 9.93. The minimum atomic E-state index is -1.03. The fraction of sp³-hybridized carbons (Fsp3) is 0.333. The highest BCUT2D eigenvalue weighted by Gasteiger charge is 2.34. The standard InChI is InChI=1S/C12H12O6/c1-16-9-3-6-7(4-10(9)17-2)12(15)18-8(6)5-11(13)14/h3-4,8H,5H2,1-2H3,(H,13,14). The van der Waals surface area contributed by atoms with Crippen molar-refractivity contribution in [2.75, 3.05) is 14.2 Å². The average Bonchev–Trinajstić information content (AvgIpc) is 2.63. The van der Waals surface area contributed by atoms with Gasteiger partial charge in [0, 0.05) is 5.56 Å². The lowest BCUT2D eigenvalue weighted by molar-refractivity contribution is -0.139. The monoisotopic (exact) mass is 252 g/mol. The molecule has 6 nitrogen and oxygen atoms in total. The number of methoxy groups -OCH3 is 2. The molecule has 18 heavy (non-hydrogen) atoms. The second-order valence-corrected chi connectivity index (χ2v) is 3.79. The van der Waals surface area contributed by atoms with Gasteiger partial charge in [-0.25, -0.2) is 4.79 Å². The molecular weight excluding hydrogens is 240 g/mol. The average molecular weight is 252 g/mol. The van der Waals surface area contributed by atoms with E-state index in [9.17, 15) is 9.59 Å². The predicted octanol–water partition coefficient (Wildman–Crippen LogP) is 1.39. The van der Waals surface area contributed by atoms with E-state index in [1.807, 2.05) is 0 Å². The fourth-order valence-electron chi connectivity index (χ4n) is 1.90. The number of aliphatic carboxylic acids is 1. The van der Waals surface area contributed by atoms with Crippen LogP contribution in [0.2, 0.25) is 0 Å². The molecule has 0 saturated heterocycles. The minimum absolute atomic E-state index is 0.270. The van der Waals surface area contributed by atoms with Gasteiger partial charge in [-0.1, -0.05) is 0 Å². The first-order valence-electron chi connectivity index (χ1n) is 5.25. The Bertz CT molecular complexity index is 508. The molecule has 0 fully saturated rings. The Morgan fingerprint density at radius 2 is 1.94 bits per heavy atom. The van der Waals surface area contributed by atoms with Gasteiger partial charge in [0.1, 0.15) is 6.10 Å². The first kappa shape index (κ1) is 12.2. The van der Waals surface area contributed by atoms with Crippen LogP contribution in [0.5, 0.6) is 11.5 Å². The molecule has 1 aromatic rings. The summed E-state index contributed by atoms with van der Waals surface area (Å²) in [7, 11) is 2.92. The summed E-state index contributed by atoms with van der Waals surface area (Å²) in [6, 6.07) is 3.07. The van der Waals surface area contributed by atoms with Crippen LogP contribution in [0.4, 0.5) is 0 Å². The zero-order chi connectivity index (χ0) is 13.3. The molecular formula is C12H12O6. The maximum atomic E-state index is 11.6. The van der Waals surface area contributed by atoms with Crippen LogP contribution in [0.15, 0.2) is 12.1 Å². The normalized spacial score (nSPS) is 17.0. The van der Waals surface area contributed by atoms with Crippen LogP contribution in [0.1, 0.15) is 28.4 Å². The molecule has 1 atom stereocenters. The van der Waals surface area contributed by atoms with E-state index < -0.39 is 18.0 Å². The summed E-state index contributed by atoms with van der Waals surface area (Å²) in [6.45, 7) is 0. The summed E-state index contributed by atoms with van der Waals surface area (Å²) in [5, 5.41) is 8.77. The van der Waals surface area contributed by atoms with Crippen molar-refractivity contribution in [3.05, 3.63) is 23.3 Å². The van der Waals surface area contributed by atoms with Crippen molar-refractivity contribution in [2.45, 2.75) is 12.5 Å². The number of rotatable bonds is 4. The molecule has 1 unspecified atom stereocenters. The number of fused-ring (bicyclic) bond motifs is 1. The maximum absolute atomic E-state index is 11.6. The highest BCUT2D eigenvalue weighted by atomic mass is 16.6. The summed E-state index contributed by atoms with van der Waals surface area (Å²) >= 11 is 0. The van der Waals surface area contributed by atoms with Crippen LogP contribution in [-0.4, -0.2) is 31.3 Å². The second kappa shape index (κ2) is 4.56. The summed E-state index contributed by atoms with van der Waals surface area (Å²) in [4.78, 5) is 22.3. The molecule has 96 valence electrons. The van der Waals surface area contributed by atoms with E-state index in [1.165, 1.54) is 20.3 Å². The molecule has 2 rings (SSSR count). The van der Waals surface area contributed by atoms with Crippen LogP contribution in [0, 0.1) is 0 Å². The third-order valence-electron chi connectivity index (χ3n) is 2.73. The Morgan fingerprint density at radius 1 is 1.33 bits per heavy atom. The summed E-state index contributed by atoms with van der Waals surface area (Å²) in [6.07, 6.45) is -1.04. The van der Waals surface area contributed by atoms with Gasteiger partial charge < -0.3 is 19.3 Å². The van der Waals surface area contributed by atoms with Crippen LogP contribution in [0.25, 0.3) is 0 Å². The van der Waals surface area contributed by atoms with Gasteiger partial charge in [0.2, 0.25) is 0 Å². The third-order valence-corrected chi connectivity index (χ3v) is 2.73. The molecule has 0 radical (unpaired) electrons. The lowest BCUT2D eigenvalue weighted by Gasteiger charge is -2.11. The number of cyclic esters (lactones) is 1. The van der Waals surface area contributed by atoms with Crippen molar-refractivity contribution >= 4 is 11.9 Å². The lowest BCUT2D eigenvalue weighted by Crippen LogP contribution is -2.06. The second-order valence-electron chi connectivity index (χ2n) is 3.79. The van der Waals surface area contributed by atoms with E-state index in [0.29, 0.717) is 22.6 Å². The summed E-state index contributed by atoms with van der Waals surface area (Å²) in [5.41, 5.74) is 0.832. The van der Waals surface area contributed by atoms with Crippen LogP contribution in [0.3, 0.4) is 0 Å². The van der Waals surface area contributed by atoms with Crippen molar-refractivity contribution in [1.29, 1.82) is 0 Å². The molecule has 0 bridgehead atoms. The van der Waals surface area contributed by atoms with E-state index in [-0.39, 0.29) is 6.42 Å². The molecule has 1 heterocycles. The minimum Gasteiger partial charge on any atom is -0.493 e. The number of carbonyl (C=O) groups excluding carboxylic acids is 1. The van der Waals surface area contributed by atoms with Gasteiger partial charge in [-0.2, -0.15) is 0 Å². The Labute approximate surface area is 103 Å². The van der Waals surface area contributed by atoms with Gasteiger partial charge in [-0.05, 0) is 12.1 Å². The van der Waals surface area contributed by atoms with Crippen molar-refractivity contribution in [2.24, 2.45) is 0 Å². The first-order valence-corrected chi connectivity index (χ1v) is 5.25. The van der Waals surface area contributed by atoms with Gasteiger partial charge in [-0.3, -0.25) is 4.79 Å². The molecule has 1 N–H and O–H groups in total. The quantitative estimate of drug-likeness (QED) is 0.815. The first-order chi connectivity index (χ1) is 8.56. The number of carbonyl (C=O) groups is 2. The van der Waals surface area contributed by atoms with E-state index in [0.717, 1.165) is 0 Å². The molecule has 0 aromatic heterocycles. The molecule has 1 aliphatic heterocycles. The van der Waals surface area contributed by atoms with Gasteiger partial charge >= 0.3 is 11.9 Å². The number of benzene rings is 1. The number of hydrogen-bond acceptors (Lipinski definition) is 5. The van der Waals surface area contributed by atoms with E-state index in [4.69, 9.17) is 19.3 Å².